The Bertz CT molecular complexity index is 411. The zero-order valence-corrected chi connectivity index (χ0v) is 7.89. The van der Waals surface area contributed by atoms with Crippen LogP contribution in [0.2, 0.25) is 0 Å². The SMILES string of the molecule is COC(=O)C(=N)c1ccc([N+](=O)[O-])cc1. The quantitative estimate of drug-likeness (QED) is 0.348. The van der Waals surface area contributed by atoms with Crippen molar-refractivity contribution >= 4 is 17.4 Å². The fourth-order valence-electron chi connectivity index (χ4n) is 0.970. The van der Waals surface area contributed by atoms with Gasteiger partial charge in [0.05, 0.1) is 12.0 Å². The highest BCUT2D eigenvalue weighted by Gasteiger charge is 2.13. The van der Waals surface area contributed by atoms with E-state index < -0.39 is 10.9 Å². The Morgan fingerprint density at radius 1 is 1.40 bits per heavy atom. The van der Waals surface area contributed by atoms with Crippen LogP contribution in [0.3, 0.4) is 0 Å². The van der Waals surface area contributed by atoms with Crippen molar-refractivity contribution in [1.82, 2.24) is 0 Å². The highest BCUT2D eigenvalue weighted by molar-refractivity contribution is 6.41. The Labute approximate surface area is 85.1 Å². The van der Waals surface area contributed by atoms with Gasteiger partial charge in [0.1, 0.15) is 5.71 Å². The Balaban J connectivity index is 2.94. The molecule has 1 aromatic rings. The maximum Gasteiger partial charge on any atom is 0.356 e. The maximum atomic E-state index is 11.0. The Kier molecular flexibility index (Phi) is 3.12. The van der Waals surface area contributed by atoms with E-state index in [1.54, 1.807) is 0 Å². The summed E-state index contributed by atoms with van der Waals surface area (Å²) in [6, 6.07) is 5.12. The molecule has 0 saturated heterocycles. The van der Waals surface area contributed by atoms with Gasteiger partial charge in [-0.15, -0.1) is 0 Å². The van der Waals surface area contributed by atoms with Crippen LogP contribution in [0.5, 0.6) is 0 Å². The molecule has 0 aliphatic carbocycles. The summed E-state index contributed by atoms with van der Waals surface area (Å²) in [6.07, 6.45) is 0. The number of esters is 1. The lowest BCUT2D eigenvalue weighted by Crippen LogP contribution is -2.15. The van der Waals surface area contributed by atoms with Crippen LogP contribution in [0, 0.1) is 15.5 Å². The van der Waals surface area contributed by atoms with Crippen molar-refractivity contribution < 1.29 is 14.5 Å². The number of carbonyl (C=O) groups excluding carboxylic acids is 1. The molecule has 0 unspecified atom stereocenters. The molecule has 0 bridgehead atoms. The number of benzene rings is 1. The molecule has 15 heavy (non-hydrogen) atoms. The van der Waals surface area contributed by atoms with Crippen LogP contribution in [-0.4, -0.2) is 23.7 Å². The molecule has 0 aromatic heterocycles. The Morgan fingerprint density at radius 2 is 1.93 bits per heavy atom. The number of ether oxygens (including phenoxy) is 1. The van der Waals surface area contributed by atoms with Gasteiger partial charge in [-0.2, -0.15) is 0 Å². The molecule has 0 fully saturated rings. The summed E-state index contributed by atoms with van der Waals surface area (Å²) >= 11 is 0. The van der Waals surface area contributed by atoms with E-state index in [1.807, 2.05) is 0 Å². The predicted octanol–water partition coefficient (Wildman–Crippen LogP) is 1.14. The van der Waals surface area contributed by atoms with E-state index in [4.69, 9.17) is 5.41 Å². The third kappa shape index (κ3) is 2.37. The molecule has 1 aromatic carbocycles. The summed E-state index contributed by atoms with van der Waals surface area (Å²) in [5.74, 6) is -0.774. The molecule has 1 N–H and O–H groups in total. The number of hydrogen-bond donors (Lipinski definition) is 1. The van der Waals surface area contributed by atoms with Gasteiger partial charge in [-0.1, -0.05) is 0 Å². The molecule has 1 rings (SSSR count). The second-order valence-corrected chi connectivity index (χ2v) is 2.67. The highest BCUT2D eigenvalue weighted by Crippen LogP contribution is 2.12. The van der Waals surface area contributed by atoms with Crippen molar-refractivity contribution in [2.45, 2.75) is 0 Å². The number of rotatable bonds is 3. The van der Waals surface area contributed by atoms with Crippen LogP contribution in [-0.2, 0) is 9.53 Å². The fraction of sp³-hybridized carbons (Fsp3) is 0.111. The Hall–Kier alpha value is -2.24. The van der Waals surface area contributed by atoms with Gasteiger partial charge in [0.15, 0.2) is 0 Å². The fourth-order valence-corrected chi connectivity index (χ4v) is 0.970. The summed E-state index contributed by atoms with van der Waals surface area (Å²) in [5.41, 5.74) is -0.128. The lowest BCUT2D eigenvalue weighted by atomic mass is 10.1. The lowest BCUT2D eigenvalue weighted by molar-refractivity contribution is -0.384. The maximum absolute atomic E-state index is 11.0. The summed E-state index contributed by atoms with van der Waals surface area (Å²) in [7, 11) is 1.17. The topological polar surface area (TPSA) is 93.3 Å². The number of carbonyl (C=O) groups is 1. The number of non-ortho nitro benzene ring substituents is 1. The second-order valence-electron chi connectivity index (χ2n) is 2.67. The molecular formula is C9H8N2O4. The van der Waals surface area contributed by atoms with Crippen molar-refractivity contribution in [3.8, 4) is 0 Å². The number of methoxy groups -OCH3 is 1. The first kappa shape index (κ1) is 10.8. The van der Waals surface area contributed by atoms with E-state index in [9.17, 15) is 14.9 Å². The van der Waals surface area contributed by atoms with Crippen molar-refractivity contribution in [3.05, 3.63) is 39.9 Å². The molecule has 0 heterocycles. The molecule has 0 atom stereocenters. The molecule has 78 valence electrons. The Morgan fingerprint density at radius 3 is 2.33 bits per heavy atom. The number of nitro benzene ring substituents is 1. The van der Waals surface area contributed by atoms with Crippen LogP contribution in [0.25, 0.3) is 0 Å². The van der Waals surface area contributed by atoms with Crippen molar-refractivity contribution in [1.29, 1.82) is 5.41 Å². The molecular weight excluding hydrogens is 200 g/mol. The van der Waals surface area contributed by atoms with Gasteiger partial charge in [-0.25, -0.2) is 4.79 Å². The van der Waals surface area contributed by atoms with Gasteiger partial charge >= 0.3 is 5.97 Å². The molecule has 6 nitrogen and oxygen atoms in total. The van der Waals surface area contributed by atoms with Crippen molar-refractivity contribution in [3.63, 3.8) is 0 Å². The normalized spacial score (nSPS) is 9.40. The minimum atomic E-state index is -0.774. The zero-order valence-electron chi connectivity index (χ0n) is 7.89. The van der Waals surface area contributed by atoms with E-state index in [0.717, 1.165) is 0 Å². The van der Waals surface area contributed by atoms with Gasteiger partial charge in [-0.3, -0.25) is 15.5 Å². The van der Waals surface area contributed by atoms with E-state index in [0.29, 0.717) is 0 Å². The number of hydrogen-bond acceptors (Lipinski definition) is 5. The molecule has 0 aliphatic rings. The number of nitrogens with zero attached hydrogens (tertiary/aromatic N) is 1. The van der Waals surface area contributed by atoms with Crippen LogP contribution in [0.4, 0.5) is 5.69 Å². The van der Waals surface area contributed by atoms with Gasteiger partial charge < -0.3 is 4.74 Å². The minimum Gasteiger partial charge on any atom is -0.464 e. The number of nitro groups is 1. The third-order valence-electron chi connectivity index (χ3n) is 1.76. The summed E-state index contributed by atoms with van der Waals surface area (Å²) in [6.45, 7) is 0. The van der Waals surface area contributed by atoms with Gasteiger partial charge in [0, 0.05) is 17.7 Å². The minimum absolute atomic E-state index is 0.0867. The van der Waals surface area contributed by atoms with Gasteiger partial charge in [0.25, 0.3) is 5.69 Å². The summed E-state index contributed by atoms with van der Waals surface area (Å²) in [5, 5.41) is 17.7. The van der Waals surface area contributed by atoms with Crippen LogP contribution in [0.15, 0.2) is 24.3 Å². The van der Waals surface area contributed by atoms with Crippen molar-refractivity contribution in [2.24, 2.45) is 0 Å². The lowest BCUT2D eigenvalue weighted by Gasteiger charge is -2.00. The molecule has 0 saturated carbocycles. The highest BCUT2D eigenvalue weighted by atomic mass is 16.6. The van der Waals surface area contributed by atoms with E-state index in [-0.39, 0.29) is 17.0 Å². The molecule has 6 heteroatoms. The largest absolute Gasteiger partial charge is 0.464 e. The predicted molar refractivity (Wildman–Crippen MR) is 51.9 cm³/mol. The van der Waals surface area contributed by atoms with Crippen LogP contribution in [0.1, 0.15) is 5.56 Å². The van der Waals surface area contributed by atoms with E-state index >= 15 is 0 Å². The average molecular weight is 208 g/mol. The van der Waals surface area contributed by atoms with Crippen molar-refractivity contribution in [2.75, 3.05) is 7.11 Å². The van der Waals surface area contributed by atoms with Crippen LogP contribution >= 0.6 is 0 Å². The average Bonchev–Trinajstić information content (AvgIpc) is 2.27. The zero-order chi connectivity index (χ0) is 11.4. The number of nitrogens with one attached hydrogen (secondary N) is 1. The van der Waals surface area contributed by atoms with Gasteiger partial charge in [0.2, 0.25) is 0 Å². The first-order valence-electron chi connectivity index (χ1n) is 3.98. The summed E-state index contributed by atoms with van der Waals surface area (Å²) in [4.78, 5) is 20.7. The van der Waals surface area contributed by atoms with Gasteiger partial charge in [-0.05, 0) is 12.1 Å². The monoisotopic (exact) mass is 208 g/mol. The first-order valence-corrected chi connectivity index (χ1v) is 3.98. The molecule has 0 radical (unpaired) electrons. The smallest absolute Gasteiger partial charge is 0.356 e. The standard InChI is InChI=1S/C9H8N2O4/c1-15-9(12)8(10)6-2-4-7(5-3-6)11(13)14/h2-5,10H,1H3. The molecule has 0 spiro atoms. The summed E-state index contributed by atoms with van der Waals surface area (Å²) < 4.78 is 4.35. The molecule has 0 aliphatic heterocycles. The van der Waals surface area contributed by atoms with E-state index in [2.05, 4.69) is 4.74 Å². The molecule has 0 amide bonds. The second kappa shape index (κ2) is 4.32. The first-order chi connectivity index (χ1) is 7.06. The van der Waals surface area contributed by atoms with Crippen LogP contribution < -0.4 is 0 Å². The van der Waals surface area contributed by atoms with E-state index in [1.165, 1.54) is 31.4 Å². The third-order valence-corrected chi connectivity index (χ3v) is 1.76.